The summed E-state index contributed by atoms with van der Waals surface area (Å²) in [6.07, 6.45) is 1.89. The lowest BCUT2D eigenvalue weighted by Gasteiger charge is -2.23. The zero-order valence-electron chi connectivity index (χ0n) is 12.0. The minimum atomic E-state index is -3.70. The van der Waals surface area contributed by atoms with Gasteiger partial charge in [-0.05, 0) is 27.2 Å². The third-order valence-corrected chi connectivity index (χ3v) is 3.26. The molecule has 1 saturated carbocycles. The Labute approximate surface area is 118 Å². The Kier molecular flexibility index (Phi) is 4.19. The van der Waals surface area contributed by atoms with Crippen LogP contribution in [0.2, 0.25) is 0 Å². The fourth-order valence-corrected chi connectivity index (χ4v) is 2.30. The molecule has 8 heteroatoms. The average molecular weight is 304 g/mol. The first-order valence-electron chi connectivity index (χ1n) is 6.05. The summed E-state index contributed by atoms with van der Waals surface area (Å²) in [4.78, 5) is 23.8. The molecule has 0 heterocycles. The molecule has 0 spiro atoms. The predicted octanol–water partition coefficient (Wildman–Crippen LogP) is 0.532. The van der Waals surface area contributed by atoms with Gasteiger partial charge in [-0.3, -0.25) is 9.52 Å². The Morgan fingerprint density at radius 3 is 2.30 bits per heavy atom. The van der Waals surface area contributed by atoms with Gasteiger partial charge in [0.2, 0.25) is 10.0 Å². The van der Waals surface area contributed by atoms with Gasteiger partial charge < -0.3 is 10.1 Å². The van der Waals surface area contributed by atoms with E-state index in [-0.39, 0.29) is 12.3 Å². The molecule has 0 bridgehead atoms. The molecule has 1 rings (SSSR count). The SMILES string of the molecule is C=C[C@@H]1C[C@]1(NC(=O)OC(C)(C)C)C(=O)NS(C)(=O)=O. The Morgan fingerprint density at radius 1 is 1.40 bits per heavy atom. The van der Waals surface area contributed by atoms with Crippen molar-refractivity contribution in [3.63, 3.8) is 0 Å². The van der Waals surface area contributed by atoms with E-state index >= 15 is 0 Å². The number of hydrogen-bond acceptors (Lipinski definition) is 5. The van der Waals surface area contributed by atoms with E-state index in [0.717, 1.165) is 6.26 Å². The number of ether oxygens (including phenoxy) is 1. The van der Waals surface area contributed by atoms with Crippen LogP contribution < -0.4 is 10.0 Å². The number of rotatable bonds is 4. The standard InChI is InChI=1S/C12H20N2O5S/c1-6-8-7-12(8,9(15)14-20(5,17)18)13-10(16)19-11(2,3)4/h6,8H,1,7H2,2-5H3,(H,13,16)(H,14,15)/t8-,12-/m1/s1. The number of nitrogens with one attached hydrogen (secondary N) is 2. The van der Waals surface area contributed by atoms with Crippen LogP contribution >= 0.6 is 0 Å². The van der Waals surface area contributed by atoms with E-state index in [2.05, 4.69) is 11.9 Å². The largest absolute Gasteiger partial charge is 0.444 e. The van der Waals surface area contributed by atoms with Crippen molar-refractivity contribution < 1.29 is 22.7 Å². The molecule has 1 fully saturated rings. The fraction of sp³-hybridized carbons (Fsp3) is 0.667. The summed E-state index contributed by atoms with van der Waals surface area (Å²) < 4.78 is 29.2. The summed E-state index contributed by atoms with van der Waals surface area (Å²) in [5.74, 6) is -1.10. The first kappa shape index (κ1) is 16.5. The minimum Gasteiger partial charge on any atom is -0.444 e. The Hall–Kier alpha value is -1.57. The molecular weight excluding hydrogens is 284 g/mol. The number of carbonyl (C=O) groups excluding carboxylic acids is 2. The third kappa shape index (κ3) is 4.22. The third-order valence-electron chi connectivity index (χ3n) is 2.71. The van der Waals surface area contributed by atoms with Crippen molar-refractivity contribution in [3.8, 4) is 0 Å². The Morgan fingerprint density at radius 2 is 1.95 bits per heavy atom. The zero-order chi connectivity index (χ0) is 15.8. The lowest BCUT2D eigenvalue weighted by atomic mass is 10.2. The smallest absolute Gasteiger partial charge is 0.408 e. The monoisotopic (exact) mass is 304 g/mol. The second-order valence-electron chi connectivity index (χ2n) is 5.85. The first-order valence-corrected chi connectivity index (χ1v) is 7.95. The fourth-order valence-electron chi connectivity index (χ4n) is 1.78. The van der Waals surface area contributed by atoms with Crippen LogP contribution in [-0.4, -0.2) is 37.8 Å². The van der Waals surface area contributed by atoms with Gasteiger partial charge in [0.15, 0.2) is 0 Å². The molecule has 1 aliphatic rings. The van der Waals surface area contributed by atoms with E-state index in [1.165, 1.54) is 6.08 Å². The van der Waals surface area contributed by atoms with Gasteiger partial charge in [0.05, 0.1) is 6.26 Å². The second kappa shape index (κ2) is 5.08. The normalized spacial score (nSPS) is 25.5. The van der Waals surface area contributed by atoms with Crippen LogP contribution in [-0.2, 0) is 19.6 Å². The van der Waals surface area contributed by atoms with E-state index in [9.17, 15) is 18.0 Å². The van der Waals surface area contributed by atoms with Crippen molar-refractivity contribution in [1.82, 2.24) is 10.0 Å². The van der Waals surface area contributed by atoms with Gasteiger partial charge in [0.1, 0.15) is 11.1 Å². The van der Waals surface area contributed by atoms with Crippen LogP contribution in [0.15, 0.2) is 12.7 Å². The quantitative estimate of drug-likeness (QED) is 0.738. The van der Waals surface area contributed by atoms with Gasteiger partial charge in [-0.1, -0.05) is 6.08 Å². The summed E-state index contributed by atoms with van der Waals surface area (Å²) in [5.41, 5.74) is -2.01. The molecular formula is C12H20N2O5S. The van der Waals surface area contributed by atoms with Gasteiger partial charge in [-0.2, -0.15) is 0 Å². The van der Waals surface area contributed by atoms with Crippen LogP contribution in [0.4, 0.5) is 4.79 Å². The number of carbonyl (C=O) groups is 2. The minimum absolute atomic E-state index is 0.289. The van der Waals surface area contributed by atoms with Crippen molar-refractivity contribution in [2.24, 2.45) is 5.92 Å². The molecule has 1 aliphatic carbocycles. The van der Waals surface area contributed by atoms with Crippen molar-refractivity contribution in [3.05, 3.63) is 12.7 Å². The van der Waals surface area contributed by atoms with Crippen LogP contribution in [0.25, 0.3) is 0 Å². The molecule has 7 nitrogen and oxygen atoms in total. The van der Waals surface area contributed by atoms with Crippen LogP contribution in [0.3, 0.4) is 0 Å². The van der Waals surface area contributed by atoms with Crippen molar-refractivity contribution in [2.45, 2.75) is 38.3 Å². The Bertz CT molecular complexity index is 535. The van der Waals surface area contributed by atoms with E-state index in [1.54, 1.807) is 20.8 Å². The highest BCUT2D eigenvalue weighted by Crippen LogP contribution is 2.44. The van der Waals surface area contributed by atoms with Crippen LogP contribution in [0.5, 0.6) is 0 Å². The van der Waals surface area contributed by atoms with E-state index in [0.29, 0.717) is 0 Å². The summed E-state index contributed by atoms with van der Waals surface area (Å²) in [7, 11) is -3.70. The molecule has 0 radical (unpaired) electrons. The molecule has 114 valence electrons. The lowest BCUT2D eigenvalue weighted by Crippen LogP contribution is -2.52. The Balaban J connectivity index is 2.82. The lowest BCUT2D eigenvalue weighted by molar-refractivity contribution is -0.122. The second-order valence-corrected chi connectivity index (χ2v) is 7.60. The zero-order valence-corrected chi connectivity index (χ0v) is 12.8. The predicted molar refractivity (Wildman–Crippen MR) is 73.4 cm³/mol. The van der Waals surface area contributed by atoms with E-state index in [4.69, 9.17) is 4.74 Å². The van der Waals surface area contributed by atoms with E-state index < -0.39 is 33.2 Å². The number of amides is 2. The van der Waals surface area contributed by atoms with Crippen molar-refractivity contribution in [2.75, 3.05) is 6.26 Å². The number of alkyl carbamates (subject to hydrolysis) is 1. The summed E-state index contributed by atoms with van der Waals surface area (Å²) in [6, 6.07) is 0. The molecule has 0 unspecified atom stereocenters. The van der Waals surface area contributed by atoms with Crippen molar-refractivity contribution >= 4 is 22.0 Å². The topological polar surface area (TPSA) is 102 Å². The molecule has 20 heavy (non-hydrogen) atoms. The summed E-state index contributed by atoms with van der Waals surface area (Å²) in [5, 5.41) is 2.44. The first-order chi connectivity index (χ1) is 8.89. The van der Waals surface area contributed by atoms with E-state index in [1.807, 2.05) is 4.72 Å². The molecule has 0 aromatic carbocycles. The number of sulfonamides is 1. The van der Waals surface area contributed by atoms with Crippen molar-refractivity contribution in [1.29, 1.82) is 0 Å². The van der Waals surface area contributed by atoms with Gasteiger partial charge in [-0.15, -0.1) is 6.58 Å². The van der Waals surface area contributed by atoms with Crippen LogP contribution in [0.1, 0.15) is 27.2 Å². The summed E-state index contributed by atoms with van der Waals surface area (Å²) in [6.45, 7) is 8.62. The highest BCUT2D eigenvalue weighted by molar-refractivity contribution is 7.89. The molecule has 0 aliphatic heterocycles. The molecule has 2 N–H and O–H groups in total. The molecule has 2 amide bonds. The molecule has 2 atom stereocenters. The average Bonchev–Trinajstić information content (AvgIpc) is 2.86. The maximum Gasteiger partial charge on any atom is 0.408 e. The summed E-state index contributed by atoms with van der Waals surface area (Å²) >= 11 is 0. The molecule has 0 aromatic heterocycles. The maximum absolute atomic E-state index is 12.0. The molecule has 0 aromatic rings. The van der Waals surface area contributed by atoms with Gasteiger partial charge >= 0.3 is 6.09 Å². The van der Waals surface area contributed by atoms with Gasteiger partial charge in [0, 0.05) is 5.92 Å². The maximum atomic E-state index is 12.0. The number of hydrogen-bond donors (Lipinski definition) is 2. The highest BCUT2D eigenvalue weighted by Gasteiger charge is 2.60. The van der Waals surface area contributed by atoms with Crippen LogP contribution in [0, 0.1) is 5.92 Å². The molecule has 0 saturated heterocycles. The van der Waals surface area contributed by atoms with Gasteiger partial charge in [0.25, 0.3) is 5.91 Å². The van der Waals surface area contributed by atoms with Gasteiger partial charge in [-0.25, -0.2) is 13.2 Å². The highest BCUT2D eigenvalue weighted by atomic mass is 32.2.